The first-order valence-corrected chi connectivity index (χ1v) is 11.4. The molecule has 0 fully saturated rings. The summed E-state index contributed by atoms with van der Waals surface area (Å²) in [5, 5.41) is 4.12. The minimum absolute atomic E-state index is 0.00606. The molecular formula is C24H17ClF2N2O3S. The molecule has 1 N–H and O–H groups in total. The van der Waals surface area contributed by atoms with E-state index >= 15 is 0 Å². The van der Waals surface area contributed by atoms with Gasteiger partial charge in [0.1, 0.15) is 11.6 Å². The van der Waals surface area contributed by atoms with E-state index in [1.165, 1.54) is 30.5 Å². The number of halogens is 3. The molecule has 1 atom stereocenters. The Labute approximate surface area is 195 Å². The molecule has 0 radical (unpaired) electrons. The summed E-state index contributed by atoms with van der Waals surface area (Å²) in [5.74, 6) is -1.00. The molecule has 4 rings (SSSR count). The standard InChI is InChI=1S/C24H17ClF2N2O3S/c25-22-12-19(9-10-23(22)27)29-24(30)20(11-15-3-7-18(26)8-4-15)21(13-28-29)17-5-1-16(2-6-17)14-33(31)32/h1-10,12-13H,11,14H2,(H,31,32). The lowest BCUT2D eigenvalue weighted by Gasteiger charge is -2.13. The lowest BCUT2D eigenvalue weighted by molar-refractivity contribution is 0.563. The second kappa shape index (κ2) is 9.74. The molecule has 1 heterocycles. The molecule has 0 saturated carbocycles. The van der Waals surface area contributed by atoms with E-state index in [1.807, 2.05) is 0 Å². The largest absolute Gasteiger partial charge is 0.306 e. The van der Waals surface area contributed by atoms with Crippen LogP contribution >= 0.6 is 11.6 Å². The van der Waals surface area contributed by atoms with Crippen LogP contribution in [0.15, 0.2) is 77.7 Å². The molecule has 0 bridgehead atoms. The Morgan fingerprint density at radius 3 is 2.27 bits per heavy atom. The maximum atomic E-state index is 13.6. The Bertz CT molecular complexity index is 1390. The zero-order chi connectivity index (χ0) is 23.5. The van der Waals surface area contributed by atoms with Crippen molar-refractivity contribution in [1.82, 2.24) is 9.78 Å². The third-order valence-electron chi connectivity index (χ3n) is 5.07. The number of aromatic nitrogens is 2. The van der Waals surface area contributed by atoms with E-state index in [9.17, 15) is 17.8 Å². The summed E-state index contributed by atoms with van der Waals surface area (Å²) in [6.45, 7) is 0. The first-order valence-electron chi connectivity index (χ1n) is 9.79. The molecule has 0 amide bonds. The Morgan fingerprint density at radius 2 is 1.64 bits per heavy atom. The monoisotopic (exact) mass is 486 g/mol. The van der Waals surface area contributed by atoms with Gasteiger partial charge in [-0.2, -0.15) is 9.78 Å². The highest BCUT2D eigenvalue weighted by atomic mass is 35.5. The van der Waals surface area contributed by atoms with Crippen LogP contribution in [0.25, 0.3) is 16.8 Å². The number of hydrogen-bond donors (Lipinski definition) is 1. The van der Waals surface area contributed by atoms with Gasteiger partial charge in [0.05, 0.1) is 22.7 Å². The van der Waals surface area contributed by atoms with Crippen molar-refractivity contribution in [2.75, 3.05) is 0 Å². The highest BCUT2D eigenvalue weighted by Crippen LogP contribution is 2.25. The SMILES string of the molecule is O=c1c(Cc2ccc(F)cc2)c(-c2ccc(CS(=O)O)cc2)cnn1-c1ccc(F)c(Cl)c1. The Kier molecular flexibility index (Phi) is 6.78. The summed E-state index contributed by atoms with van der Waals surface area (Å²) in [4.78, 5) is 13.5. The Hall–Kier alpha value is -3.20. The third-order valence-corrected chi connectivity index (χ3v) is 5.94. The van der Waals surface area contributed by atoms with Crippen molar-refractivity contribution >= 4 is 22.7 Å². The van der Waals surface area contributed by atoms with Crippen LogP contribution in [0.5, 0.6) is 0 Å². The molecule has 0 saturated heterocycles. The second-order valence-electron chi connectivity index (χ2n) is 7.32. The molecule has 0 aliphatic rings. The van der Waals surface area contributed by atoms with Gasteiger partial charge in [-0.05, 0) is 47.0 Å². The van der Waals surface area contributed by atoms with Crippen LogP contribution in [-0.4, -0.2) is 18.5 Å². The first-order chi connectivity index (χ1) is 15.8. The van der Waals surface area contributed by atoms with Crippen molar-refractivity contribution in [3.8, 4) is 16.8 Å². The van der Waals surface area contributed by atoms with Gasteiger partial charge in [-0.3, -0.25) is 4.79 Å². The molecule has 168 valence electrons. The third kappa shape index (κ3) is 5.24. The quantitative estimate of drug-likeness (QED) is 0.383. The smallest absolute Gasteiger partial charge is 0.275 e. The van der Waals surface area contributed by atoms with E-state index in [2.05, 4.69) is 5.10 Å². The van der Waals surface area contributed by atoms with Crippen LogP contribution in [0, 0.1) is 11.6 Å². The molecule has 1 unspecified atom stereocenters. The van der Waals surface area contributed by atoms with Crippen molar-refractivity contribution in [1.29, 1.82) is 0 Å². The summed E-state index contributed by atoms with van der Waals surface area (Å²) in [6, 6.07) is 16.6. The van der Waals surface area contributed by atoms with Crippen LogP contribution in [0.4, 0.5) is 8.78 Å². The Morgan fingerprint density at radius 1 is 0.970 bits per heavy atom. The van der Waals surface area contributed by atoms with Crippen molar-refractivity contribution < 1.29 is 17.5 Å². The molecule has 0 aliphatic heterocycles. The van der Waals surface area contributed by atoms with E-state index < -0.39 is 22.5 Å². The molecule has 9 heteroatoms. The molecule has 4 aromatic rings. The topological polar surface area (TPSA) is 72.2 Å². The molecule has 0 spiro atoms. The predicted molar refractivity (Wildman–Crippen MR) is 124 cm³/mol. The summed E-state index contributed by atoms with van der Waals surface area (Å²) in [5.41, 5.74) is 2.91. The highest BCUT2D eigenvalue weighted by Gasteiger charge is 2.16. The summed E-state index contributed by atoms with van der Waals surface area (Å²) in [6.07, 6.45) is 1.73. The summed E-state index contributed by atoms with van der Waals surface area (Å²) < 4.78 is 48.3. The van der Waals surface area contributed by atoms with E-state index in [1.54, 1.807) is 36.4 Å². The molecule has 33 heavy (non-hydrogen) atoms. The average molecular weight is 487 g/mol. The first kappa shape index (κ1) is 23.0. The van der Waals surface area contributed by atoms with Crippen LogP contribution in [0.1, 0.15) is 16.7 Å². The van der Waals surface area contributed by atoms with Crippen molar-refractivity contribution in [3.63, 3.8) is 0 Å². The fourth-order valence-corrected chi connectivity index (χ4v) is 4.09. The maximum Gasteiger partial charge on any atom is 0.275 e. The van der Waals surface area contributed by atoms with Gasteiger partial charge in [-0.25, -0.2) is 13.0 Å². The number of benzene rings is 3. The van der Waals surface area contributed by atoms with E-state index in [-0.39, 0.29) is 23.0 Å². The lowest BCUT2D eigenvalue weighted by Crippen LogP contribution is -2.26. The van der Waals surface area contributed by atoms with Gasteiger partial charge in [0, 0.05) is 17.5 Å². The van der Waals surface area contributed by atoms with Gasteiger partial charge >= 0.3 is 0 Å². The summed E-state index contributed by atoms with van der Waals surface area (Å²) in [7, 11) is 0. The number of hydrogen-bond acceptors (Lipinski definition) is 3. The van der Waals surface area contributed by atoms with E-state index in [4.69, 9.17) is 16.2 Å². The zero-order valence-electron chi connectivity index (χ0n) is 17.0. The lowest BCUT2D eigenvalue weighted by atomic mass is 9.97. The highest BCUT2D eigenvalue weighted by molar-refractivity contribution is 7.78. The van der Waals surface area contributed by atoms with Crippen molar-refractivity contribution in [2.45, 2.75) is 12.2 Å². The van der Waals surface area contributed by atoms with Crippen LogP contribution < -0.4 is 5.56 Å². The zero-order valence-corrected chi connectivity index (χ0v) is 18.6. The molecular weight excluding hydrogens is 470 g/mol. The number of nitrogens with zero attached hydrogens (tertiary/aromatic N) is 2. The van der Waals surface area contributed by atoms with Crippen LogP contribution in [0.3, 0.4) is 0 Å². The predicted octanol–water partition coefficient (Wildman–Crippen LogP) is 5.14. The van der Waals surface area contributed by atoms with Crippen LogP contribution in [0.2, 0.25) is 5.02 Å². The Balaban J connectivity index is 1.84. The molecule has 0 aliphatic carbocycles. The van der Waals surface area contributed by atoms with Gasteiger partial charge in [0.15, 0.2) is 11.1 Å². The minimum Gasteiger partial charge on any atom is -0.306 e. The van der Waals surface area contributed by atoms with Gasteiger partial charge < -0.3 is 4.55 Å². The van der Waals surface area contributed by atoms with Crippen LogP contribution in [-0.2, 0) is 23.3 Å². The molecule has 1 aromatic heterocycles. The van der Waals surface area contributed by atoms with Crippen molar-refractivity contribution in [3.05, 3.63) is 117 Å². The summed E-state index contributed by atoms with van der Waals surface area (Å²) >= 11 is 3.92. The minimum atomic E-state index is -1.97. The van der Waals surface area contributed by atoms with E-state index in [0.717, 1.165) is 16.3 Å². The van der Waals surface area contributed by atoms with Gasteiger partial charge in [-0.15, -0.1) is 0 Å². The van der Waals surface area contributed by atoms with Gasteiger partial charge in [0.2, 0.25) is 0 Å². The molecule has 3 aromatic carbocycles. The number of rotatable bonds is 6. The fraction of sp³-hybridized carbons (Fsp3) is 0.0833. The van der Waals surface area contributed by atoms with E-state index in [0.29, 0.717) is 27.9 Å². The van der Waals surface area contributed by atoms with Gasteiger partial charge in [0.25, 0.3) is 5.56 Å². The second-order valence-corrected chi connectivity index (χ2v) is 8.66. The normalized spacial score (nSPS) is 12.0. The van der Waals surface area contributed by atoms with Crippen molar-refractivity contribution in [2.24, 2.45) is 0 Å². The molecule has 5 nitrogen and oxygen atoms in total. The average Bonchev–Trinajstić information content (AvgIpc) is 2.79. The van der Waals surface area contributed by atoms with Gasteiger partial charge in [-0.1, -0.05) is 48.0 Å². The maximum absolute atomic E-state index is 13.6. The fourth-order valence-electron chi connectivity index (χ4n) is 3.44.